The normalized spacial score (nSPS) is 32.6. The third kappa shape index (κ3) is 1.49. The second-order valence-corrected chi connectivity index (χ2v) is 6.75. The molecule has 1 fully saturated rings. The van der Waals surface area contributed by atoms with Crippen LogP contribution in [-0.4, -0.2) is 0 Å². The fourth-order valence-corrected chi connectivity index (χ4v) is 4.87. The van der Waals surface area contributed by atoms with Gasteiger partial charge in [0.1, 0.15) is 11.3 Å². The maximum absolute atomic E-state index is 6.15. The fourth-order valence-electron chi connectivity index (χ4n) is 4.87. The summed E-state index contributed by atoms with van der Waals surface area (Å²) in [4.78, 5) is 0. The molecule has 0 spiro atoms. The first kappa shape index (κ1) is 12.3. The van der Waals surface area contributed by atoms with E-state index in [0.717, 1.165) is 17.9 Å². The van der Waals surface area contributed by atoms with Crippen molar-refractivity contribution in [1.29, 1.82) is 0 Å². The predicted molar refractivity (Wildman–Crippen MR) is 82.9 cm³/mol. The van der Waals surface area contributed by atoms with Crippen LogP contribution in [0.15, 0.2) is 41.3 Å². The molecule has 0 radical (unpaired) electrons. The van der Waals surface area contributed by atoms with Crippen LogP contribution in [0.25, 0.3) is 11.0 Å². The smallest absolute Gasteiger partial charge is 0.134 e. The quantitative estimate of drug-likeness (QED) is 0.643. The van der Waals surface area contributed by atoms with Gasteiger partial charge in [0.15, 0.2) is 0 Å². The van der Waals surface area contributed by atoms with Crippen molar-refractivity contribution >= 4 is 11.0 Å². The van der Waals surface area contributed by atoms with E-state index in [1.807, 2.05) is 0 Å². The predicted octanol–water partition coefficient (Wildman–Crippen LogP) is 5.24. The van der Waals surface area contributed by atoms with Crippen LogP contribution in [-0.2, 0) is 11.8 Å². The lowest BCUT2D eigenvalue weighted by molar-refractivity contribution is 0.130. The summed E-state index contributed by atoms with van der Waals surface area (Å²) in [5.41, 5.74) is 2.85. The molecule has 2 aromatic rings. The molecule has 0 unspecified atom stereocenters. The Morgan fingerprint density at radius 3 is 3.00 bits per heavy atom. The number of furan rings is 1. The molecule has 0 N–H and O–H groups in total. The minimum absolute atomic E-state index is 0.275. The molecule has 1 heteroatoms. The average molecular weight is 266 g/mol. The lowest BCUT2D eigenvalue weighted by Crippen LogP contribution is -2.43. The molecule has 0 bridgehead atoms. The van der Waals surface area contributed by atoms with Gasteiger partial charge in [0.05, 0.1) is 0 Å². The van der Waals surface area contributed by atoms with E-state index in [1.165, 1.54) is 42.4 Å². The molecule has 1 nitrogen and oxygen atoms in total. The third-order valence-electron chi connectivity index (χ3n) is 5.79. The first-order chi connectivity index (χ1) is 9.74. The Hall–Kier alpha value is -1.50. The maximum atomic E-state index is 6.15. The van der Waals surface area contributed by atoms with Crippen molar-refractivity contribution in [3.63, 3.8) is 0 Å². The molecule has 0 aliphatic heterocycles. The second kappa shape index (κ2) is 4.25. The van der Waals surface area contributed by atoms with Crippen LogP contribution in [0.2, 0.25) is 0 Å². The van der Waals surface area contributed by atoms with Crippen LogP contribution in [0.4, 0.5) is 0 Å². The van der Waals surface area contributed by atoms with Crippen molar-refractivity contribution < 1.29 is 4.42 Å². The number of fused-ring (bicyclic) bond motifs is 5. The van der Waals surface area contributed by atoms with Gasteiger partial charge in [0.25, 0.3) is 0 Å². The Bertz CT molecular complexity index is 665. The van der Waals surface area contributed by atoms with E-state index in [2.05, 4.69) is 43.8 Å². The molecule has 104 valence electrons. The van der Waals surface area contributed by atoms with E-state index in [1.54, 1.807) is 0 Å². The molecule has 1 aromatic carbocycles. The number of para-hydroxylation sites is 1. The van der Waals surface area contributed by atoms with Crippen molar-refractivity contribution in [2.75, 3.05) is 0 Å². The molecule has 0 amide bonds. The summed E-state index contributed by atoms with van der Waals surface area (Å²) < 4.78 is 6.15. The van der Waals surface area contributed by atoms with E-state index in [0.29, 0.717) is 5.92 Å². The molecule has 4 rings (SSSR count). The van der Waals surface area contributed by atoms with Gasteiger partial charge in [-0.2, -0.15) is 0 Å². The molecule has 1 aromatic heterocycles. The molecule has 1 heterocycles. The van der Waals surface area contributed by atoms with Crippen molar-refractivity contribution in [2.45, 2.75) is 44.4 Å². The van der Waals surface area contributed by atoms with Gasteiger partial charge < -0.3 is 4.42 Å². The molecule has 1 saturated carbocycles. The van der Waals surface area contributed by atoms with Gasteiger partial charge >= 0.3 is 0 Å². The molecule has 2 aliphatic carbocycles. The van der Waals surface area contributed by atoms with Gasteiger partial charge in [-0.05, 0) is 42.6 Å². The van der Waals surface area contributed by atoms with E-state index in [4.69, 9.17) is 4.42 Å². The molecule has 3 atom stereocenters. The zero-order valence-corrected chi connectivity index (χ0v) is 12.2. The molecule has 2 aliphatic rings. The Morgan fingerprint density at radius 1 is 1.30 bits per heavy atom. The number of aryl methyl sites for hydroxylation is 1. The van der Waals surface area contributed by atoms with Gasteiger partial charge in [-0.25, -0.2) is 0 Å². The first-order valence-corrected chi connectivity index (χ1v) is 7.87. The van der Waals surface area contributed by atoms with Crippen molar-refractivity contribution in [1.82, 2.24) is 0 Å². The van der Waals surface area contributed by atoms with Crippen LogP contribution in [0.5, 0.6) is 0 Å². The number of hydrogen-bond donors (Lipinski definition) is 0. The highest BCUT2D eigenvalue weighted by molar-refractivity contribution is 5.84. The Kier molecular flexibility index (Phi) is 2.60. The Labute approximate surface area is 120 Å². The summed E-state index contributed by atoms with van der Waals surface area (Å²) in [6.45, 7) is 6.55. The Balaban J connectivity index is 1.94. The lowest BCUT2D eigenvalue weighted by Gasteiger charge is -2.48. The summed E-state index contributed by atoms with van der Waals surface area (Å²) in [6, 6.07) is 8.56. The van der Waals surface area contributed by atoms with Crippen LogP contribution in [0.1, 0.15) is 43.9 Å². The zero-order valence-electron chi connectivity index (χ0n) is 12.2. The third-order valence-corrected chi connectivity index (χ3v) is 5.79. The van der Waals surface area contributed by atoms with Gasteiger partial charge in [-0.15, -0.1) is 6.58 Å². The molecular weight excluding hydrogens is 244 g/mol. The molecule has 20 heavy (non-hydrogen) atoms. The van der Waals surface area contributed by atoms with Gasteiger partial charge in [-0.3, -0.25) is 0 Å². The van der Waals surface area contributed by atoms with Crippen molar-refractivity contribution in [2.24, 2.45) is 11.8 Å². The van der Waals surface area contributed by atoms with E-state index in [9.17, 15) is 0 Å². The molecule has 0 saturated heterocycles. The van der Waals surface area contributed by atoms with E-state index < -0.39 is 0 Å². The summed E-state index contributed by atoms with van der Waals surface area (Å²) in [7, 11) is 0. The summed E-state index contributed by atoms with van der Waals surface area (Å²) >= 11 is 0. The highest BCUT2D eigenvalue weighted by Crippen LogP contribution is 2.54. The maximum Gasteiger partial charge on any atom is 0.134 e. The fraction of sp³-hybridized carbons (Fsp3) is 0.474. The van der Waals surface area contributed by atoms with Crippen LogP contribution < -0.4 is 0 Å². The van der Waals surface area contributed by atoms with E-state index >= 15 is 0 Å². The lowest BCUT2D eigenvalue weighted by atomic mass is 9.55. The topological polar surface area (TPSA) is 13.1 Å². The van der Waals surface area contributed by atoms with Crippen LogP contribution in [0, 0.1) is 11.8 Å². The van der Waals surface area contributed by atoms with Gasteiger partial charge in [0, 0.05) is 17.4 Å². The Morgan fingerprint density at radius 2 is 2.15 bits per heavy atom. The number of benzene rings is 1. The number of allylic oxidation sites excluding steroid dienone is 1. The number of rotatable bonds is 1. The standard InChI is InChI=1S/C19H22O/c1-3-13-7-6-12-19(2)15(13)10-11-17-18(19)14-8-4-5-9-16(14)20-17/h3-5,8-9,13,15H,1,6-7,10-12H2,2H3/t13-,15+,19+/m1/s1. The largest absolute Gasteiger partial charge is 0.461 e. The van der Waals surface area contributed by atoms with Crippen LogP contribution in [0.3, 0.4) is 0 Å². The highest BCUT2D eigenvalue weighted by atomic mass is 16.3. The number of hydrogen-bond acceptors (Lipinski definition) is 1. The molecular formula is C19H22O. The highest BCUT2D eigenvalue weighted by Gasteiger charge is 2.47. The summed E-state index contributed by atoms with van der Waals surface area (Å²) in [5, 5.41) is 1.35. The van der Waals surface area contributed by atoms with Gasteiger partial charge in [0.2, 0.25) is 0 Å². The second-order valence-electron chi connectivity index (χ2n) is 6.75. The minimum Gasteiger partial charge on any atom is -0.461 e. The summed E-state index contributed by atoms with van der Waals surface area (Å²) in [5.74, 6) is 2.66. The van der Waals surface area contributed by atoms with Crippen molar-refractivity contribution in [3.05, 3.63) is 48.2 Å². The zero-order chi connectivity index (χ0) is 13.7. The average Bonchev–Trinajstić information content (AvgIpc) is 2.85. The van der Waals surface area contributed by atoms with E-state index in [-0.39, 0.29) is 5.41 Å². The first-order valence-electron chi connectivity index (χ1n) is 7.87. The SMILES string of the molecule is C=C[C@@H]1CCC[C@]2(C)c3c(oc4ccccc34)CC[C@@H]12. The monoisotopic (exact) mass is 266 g/mol. The summed E-state index contributed by atoms with van der Waals surface area (Å²) in [6.07, 6.45) is 8.46. The minimum atomic E-state index is 0.275. The van der Waals surface area contributed by atoms with Crippen LogP contribution >= 0.6 is 0 Å². The van der Waals surface area contributed by atoms with Gasteiger partial charge in [-0.1, -0.05) is 37.6 Å². The van der Waals surface area contributed by atoms with Crippen molar-refractivity contribution in [3.8, 4) is 0 Å².